The number of hydrogen-bond acceptors (Lipinski definition) is 3. The molecule has 0 radical (unpaired) electrons. The fourth-order valence-corrected chi connectivity index (χ4v) is 2.87. The standard InChI is InChI=1S/C22H23F3N2O3/c1-21(2,3)30-20(28)27-19-13-26-18-9-4-14(12-17(18)19)10-11-29-16-7-5-15(6-8-16)22(23,24)25/h4-9,12-13,26H,10-11H2,1-3H3,(H,27,28). The summed E-state index contributed by atoms with van der Waals surface area (Å²) in [6.07, 6.45) is -2.67. The van der Waals surface area contributed by atoms with Gasteiger partial charge in [-0.15, -0.1) is 0 Å². The van der Waals surface area contributed by atoms with E-state index in [0.717, 1.165) is 28.6 Å². The Morgan fingerprint density at radius 2 is 1.77 bits per heavy atom. The second-order valence-corrected chi connectivity index (χ2v) is 7.83. The van der Waals surface area contributed by atoms with E-state index in [1.807, 2.05) is 18.2 Å². The van der Waals surface area contributed by atoms with Crippen LogP contribution in [-0.4, -0.2) is 23.3 Å². The molecule has 0 saturated heterocycles. The van der Waals surface area contributed by atoms with Crippen molar-refractivity contribution in [3.05, 3.63) is 59.8 Å². The van der Waals surface area contributed by atoms with Crippen LogP contribution >= 0.6 is 0 Å². The topological polar surface area (TPSA) is 63.3 Å². The lowest BCUT2D eigenvalue weighted by Crippen LogP contribution is -2.27. The molecule has 0 aliphatic carbocycles. The van der Waals surface area contributed by atoms with Gasteiger partial charge >= 0.3 is 12.3 Å². The third kappa shape index (κ3) is 5.68. The van der Waals surface area contributed by atoms with E-state index >= 15 is 0 Å². The molecule has 0 fully saturated rings. The molecule has 0 atom stereocenters. The summed E-state index contributed by atoms with van der Waals surface area (Å²) in [6, 6.07) is 10.3. The third-order valence-corrected chi connectivity index (χ3v) is 4.22. The van der Waals surface area contributed by atoms with Crippen molar-refractivity contribution >= 4 is 22.7 Å². The molecule has 0 saturated carbocycles. The lowest BCUT2D eigenvalue weighted by atomic mass is 10.1. The zero-order valence-electron chi connectivity index (χ0n) is 16.9. The minimum absolute atomic E-state index is 0.302. The first-order valence-electron chi connectivity index (χ1n) is 9.41. The highest BCUT2D eigenvalue weighted by Gasteiger charge is 2.30. The maximum absolute atomic E-state index is 12.6. The first-order valence-corrected chi connectivity index (χ1v) is 9.41. The second kappa shape index (κ2) is 8.30. The number of anilines is 1. The number of H-pyrrole nitrogens is 1. The van der Waals surface area contributed by atoms with Gasteiger partial charge in [0.2, 0.25) is 0 Å². The number of benzene rings is 2. The number of ether oxygens (including phenoxy) is 2. The Labute approximate surface area is 172 Å². The minimum Gasteiger partial charge on any atom is -0.493 e. The number of aromatic amines is 1. The number of carbonyl (C=O) groups excluding carboxylic acids is 1. The van der Waals surface area contributed by atoms with Gasteiger partial charge in [-0.25, -0.2) is 4.79 Å². The van der Waals surface area contributed by atoms with Crippen molar-refractivity contribution in [2.24, 2.45) is 0 Å². The lowest BCUT2D eigenvalue weighted by Gasteiger charge is -2.19. The van der Waals surface area contributed by atoms with Crippen LogP contribution in [-0.2, 0) is 17.3 Å². The van der Waals surface area contributed by atoms with E-state index in [4.69, 9.17) is 9.47 Å². The van der Waals surface area contributed by atoms with Crippen LogP contribution in [0.3, 0.4) is 0 Å². The second-order valence-electron chi connectivity index (χ2n) is 7.83. The van der Waals surface area contributed by atoms with Crippen LogP contribution in [0.4, 0.5) is 23.7 Å². The van der Waals surface area contributed by atoms with Gasteiger partial charge in [0.1, 0.15) is 11.4 Å². The van der Waals surface area contributed by atoms with Gasteiger partial charge < -0.3 is 14.5 Å². The van der Waals surface area contributed by atoms with Crippen molar-refractivity contribution in [2.45, 2.75) is 39.0 Å². The normalized spacial score (nSPS) is 12.1. The van der Waals surface area contributed by atoms with Crippen molar-refractivity contribution in [3.63, 3.8) is 0 Å². The SMILES string of the molecule is CC(C)(C)OC(=O)Nc1c[nH]c2ccc(CCOc3ccc(C(F)(F)F)cc3)cc12. The Morgan fingerprint density at radius 3 is 2.40 bits per heavy atom. The van der Waals surface area contributed by atoms with E-state index in [-0.39, 0.29) is 0 Å². The summed E-state index contributed by atoms with van der Waals surface area (Å²) >= 11 is 0. The number of rotatable bonds is 5. The first kappa shape index (κ1) is 21.5. The molecule has 5 nitrogen and oxygen atoms in total. The average Bonchev–Trinajstić information content (AvgIpc) is 3.02. The molecule has 3 aromatic rings. The number of alkyl halides is 3. The van der Waals surface area contributed by atoms with Crippen molar-refractivity contribution < 1.29 is 27.4 Å². The number of hydrogen-bond donors (Lipinski definition) is 2. The Morgan fingerprint density at radius 1 is 1.07 bits per heavy atom. The predicted octanol–water partition coefficient (Wildman–Crippen LogP) is 6.16. The van der Waals surface area contributed by atoms with Crippen molar-refractivity contribution in [3.8, 4) is 5.75 Å². The molecule has 2 N–H and O–H groups in total. The molecule has 1 aromatic heterocycles. The van der Waals surface area contributed by atoms with Crippen molar-refractivity contribution in [1.82, 2.24) is 4.98 Å². The van der Waals surface area contributed by atoms with E-state index in [2.05, 4.69) is 10.3 Å². The van der Waals surface area contributed by atoms with Crippen molar-refractivity contribution in [1.29, 1.82) is 0 Å². The number of nitrogens with one attached hydrogen (secondary N) is 2. The Bertz CT molecular complexity index is 1020. The van der Waals surface area contributed by atoms with Gasteiger partial charge in [0.25, 0.3) is 0 Å². The van der Waals surface area contributed by atoms with Gasteiger partial charge in [0.05, 0.1) is 17.9 Å². The van der Waals surface area contributed by atoms with E-state index in [1.54, 1.807) is 27.0 Å². The lowest BCUT2D eigenvalue weighted by molar-refractivity contribution is -0.137. The van der Waals surface area contributed by atoms with E-state index < -0.39 is 23.4 Å². The number of aromatic nitrogens is 1. The van der Waals surface area contributed by atoms with E-state index in [0.29, 0.717) is 24.5 Å². The predicted molar refractivity (Wildman–Crippen MR) is 109 cm³/mol. The van der Waals surface area contributed by atoms with Gasteiger partial charge in [0, 0.05) is 23.5 Å². The van der Waals surface area contributed by atoms with Crippen LogP contribution in [0.25, 0.3) is 10.9 Å². The molecule has 1 heterocycles. The number of halogens is 3. The van der Waals surface area contributed by atoms with Gasteiger partial charge in [-0.1, -0.05) is 6.07 Å². The maximum Gasteiger partial charge on any atom is 0.416 e. The zero-order chi connectivity index (χ0) is 21.9. The van der Waals surface area contributed by atoms with Crippen LogP contribution in [0.5, 0.6) is 5.75 Å². The van der Waals surface area contributed by atoms with Gasteiger partial charge in [-0.05, 0) is 62.7 Å². The summed E-state index contributed by atoms with van der Waals surface area (Å²) in [5, 5.41) is 3.56. The fourth-order valence-electron chi connectivity index (χ4n) is 2.87. The molecular formula is C22H23F3N2O3. The monoisotopic (exact) mass is 420 g/mol. The molecule has 160 valence electrons. The fraction of sp³-hybridized carbons (Fsp3) is 0.318. The van der Waals surface area contributed by atoms with Crippen LogP contribution < -0.4 is 10.1 Å². The molecule has 0 aliphatic rings. The van der Waals surface area contributed by atoms with E-state index in [9.17, 15) is 18.0 Å². The number of amides is 1. The number of fused-ring (bicyclic) bond motifs is 1. The molecule has 1 amide bonds. The summed E-state index contributed by atoms with van der Waals surface area (Å²) in [7, 11) is 0. The Hall–Kier alpha value is -3.16. The quantitative estimate of drug-likeness (QED) is 0.520. The molecule has 0 spiro atoms. The summed E-state index contributed by atoms with van der Waals surface area (Å²) < 4.78 is 48.7. The van der Waals surface area contributed by atoms with Crippen LogP contribution in [0.1, 0.15) is 31.9 Å². The molecule has 3 rings (SSSR count). The summed E-state index contributed by atoms with van der Waals surface area (Å²) in [4.78, 5) is 15.1. The Balaban J connectivity index is 1.62. The molecule has 0 bridgehead atoms. The first-order chi connectivity index (χ1) is 14.0. The molecule has 8 heteroatoms. The third-order valence-electron chi connectivity index (χ3n) is 4.22. The smallest absolute Gasteiger partial charge is 0.416 e. The Kier molecular flexibility index (Phi) is 5.96. The zero-order valence-corrected chi connectivity index (χ0v) is 16.9. The highest BCUT2D eigenvalue weighted by molar-refractivity contribution is 5.99. The van der Waals surface area contributed by atoms with Crippen LogP contribution in [0, 0.1) is 0 Å². The van der Waals surface area contributed by atoms with Crippen molar-refractivity contribution in [2.75, 3.05) is 11.9 Å². The van der Waals surface area contributed by atoms with Crippen LogP contribution in [0.15, 0.2) is 48.7 Å². The van der Waals surface area contributed by atoms with Gasteiger partial charge in [-0.3, -0.25) is 5.32 Å². The van der Waals surface area contributed by atoms with Gasteiger partial charge in [-0.2, -0.15) is 13.2 Å². The average molecular weight is 420 g/mol. The molecule has 30 heavy (non-hydrogen) atoms. The summed E-state index contributed by atoms with van der Waals surface area (Å²) in [5.41, 5.74) is 1.11. The minimum atomic E-state index is -4.37. The summed E-state index contributed by atoms with van der Waals surface area (Å²) in [5.74, 6) is 0.373. The molecular weight excluding hydrogens is 397 g/mol. The highest BCUT2D eigenvalue weighted by atomic mass is 19.4. The van der Waals surface area contributed by atoms with E-state index in [1.165, 1.54) is 12.1 Å². The molecule has 0 unspecified atom stereocenters. The molecule has 2 aromatic carbocycles. The van der Waals surface area contributed by atoms with Gasteiger partial charge in [0.15, 0.2) is 0 Å². The maximum atomic E-state index is 12.6. The molecule has 0 aliphatic heterocycles. The highest BCUT2D eigenvalue weighted by Crippen LogP contribution is 2.30. The largest absolute Gasteiger partial charge is 0.493 e. The summed E-state index contributed by atoms with van der Waals surface area (Å²) in [6.45, 7) is 5.67. The van der Waals surface area contributed by atoms with Crippen LogP contribution in [0.2, 0.25) is 0 Å². The number of carbonyl (C=O) groups is 1.